The van der Waals surface area contributed by atoms with Gasteiger partial charge in [0.1, 0.15) is 0 Å². The number of ether oxygens (including phenoxy) is 2. The number of rotatable bonds is 3. The molecule has 2 rings (SSSR count). The van der Waals surface area contributed by atoms with E-state index in [2.05, 4.69) is 17.5 Å². The zero-order valence-corrected chi connectivity index (χ0v) is 15.4. The molecule has 2 aliphatic rings. The molecule has 2 fully saturated rings. The predicted molar refractivity (Wildman–Crippen MR) is 95.8 cm³/mol. The second kappa shape index (κ2) is 10.1. The quantitative estimate of drug-likeness (QED) is 0.786. The fourth-order valence-corrected chi connectivity index (χ4v) is 3.52. The summed E-state index contributed by atoms with van der Waals surface area (Å²) >= 11 is 0. The summed E-state index contributed by atoms with van der Waals surface area (Å²) in [7, 11) is 0. The molecule has 1 amide bonds. The topological polar surface area (TPSA) is 59.9 Å². The second-order valence-electron chi connectivity index (χ2n) is 7.41. The molecule has 138 valence electrons. The number of nitrogens with one attached hydrogen (secondary N) is 1. The van der Waals surface area contributed by atoms with E-state index in [0.717, 1.165) is 12.1 Å². The van der Waals surface area contributed by atoms with Gasteiger partial charge in [0.2, 0.25) is 5.91 Å². The predicted octanol–water partition coefficient (Wildman–Crippen LogP) is 4.16. The van der Waals surface area contributed by atoms with Crippen LogP contribution in [0.5, 0.6) is 0 Å². The molecule has 5 nitrogen and oxygen atoms in total. The Morgan fingerprint density at radius 3 is 2.33 bits per heavy atom. The summed E-state index contributed by atoms with van der Waals surface area (Å²) in [4.78, 5) is 12.2. The van der Waals surface area contributed by atoms with E-state index in [1.54, 1.807) is 0 Å². The number of amides is 1. The second-order valence-corrected chi connectivity index (χ2v) is 7.41. The highest BCUT2D eigenvalue weighted by atomic mass is 16.7. The van der Waals surface area contributed by atoms with Gasteiger partial charge in [-0.15, -0.1) is 0 Å². The molecule has 1 heterocycles. The minimum atomic E-state index is -0.789. The van der Waals surface area contributed by atoms with Gasteiger partial charge in [-0.25, -0.2) is 5.43 Å². The minimum Gasteiger partial charge on any atom is -0.347 e. The van der Waals surface area contributed by atoms with E-state index in [1.807, 2.05) is 6.92 Å². The Balaban J connectivity index is 1.86. The summed E-state index contributed by atoms with van der Waals surface area (Å²) in [6.07, 6.45) is 12.8. The van der Waals surface area contributed by atoms with E-state index in [1.165, 1.54) is 57.8 Å². The maximum Gasteiger partial charge on any atom is 0.245 e. The molecule has 0 bridgehead atoms. The van der Waals surface area contributed by atoms with Crippen LogP contribution >= 0.6 is 0 Å². The lowest BCUT2D eigenvalue weighted by molar-refractivity contribution is -0.159. The van der Waals surface area contributed by atoms with Gasteiger partial charge in [0.25, 0.3) is 0 Å². The van der Waals surface area contributed by atoms with Gasteiger partial charge in [0.15, 0.2) is 5.79 Å². The van der Waals surface area contributed by atoms with Gasteiger partial charge in [-0.3, -0.25) is 4.79 Å². The van der Waals surface area contributed by atoms with Crippen LogP contribution in [0.2, 0.25) is 0 Å². The van der Waals surface area contributed by atoms with Gasteiger partial charge in [-0.1, -0.05) is 51.9 Å². The van der Waals surface area contributed by atoms with Gasteiger partial charge < -0.3 is 9.47 Å². The SMILES string of the molecule is CC1CCCCCCCCCCC1=NNC(=O)CC1(C)OCCO1. The highest BCUT2D eigenvalue weighted by Crippen LogP contribution is 2.22. The minimum absolute atomic E-state index is 0.134. The number of carbonyl (C=O) groups excluding carboxylic acids is 1. The van der Waals surface area contributed by atoms with Gasteiger partial charge in [-0.05, 0) is 32.1 Å². The summed E-state index contributed by atoms with van der Waals surface area (Å²) in [5.41, 5.74) is 3.88. The summed E-state index contributed by atoms with van der Waals surface area (Å²) in [6.45, 7) is 5.15. The van der Waals surface area contributed by atoms with Crippen molar-refractivity contribution in [3.63, 3.8) is 0 Å². The van der Waals surface area contributed by atoms with E-state index in [4.69, 9.17) is 9.47 Å². The first-order chi connectivity index (χ1) is 11.6. The number of hydrogen-bond donors (Lipinski definition) is 1. The van der Waals surface area contributed by atoms with E-state index >= 15 is 0 Å². The van der Waals surface area contributed by atoms with Crippen molar-refractivity contribution < 1.29 is 14.3 Å². The van der Waals surface area contributed by atoms with Crippen LogP contribution in [0.15, 0.2) is 5.10 Å². The first-order valence-corrected chi connectivity index (χ1v) is 9.72. The summed E-state index contributed by atoms with van der Waals surface area (Å²) in [5, 5.41) is 4.47. The Morgan fingerprint density at radius 1 is 1.08 bits per heavy atom. The van der Waals surface area contributed by atoms with Crippen LogP contribution in [-0.2, 0) is 14.3 Å². The van der Waals surface area contributed by atoms with Crippen molar-refractivity contribution in [3.05, 3.63) is 0 Å². The third-order valence-electron chi connectivity index (χ3n) is 5.09. The van der Waals surface area contributed by atoms with Crippen LogP contribution in [0.25, 0.3) is 0 Å². The van der Waals surface area contributed by atoms with Gasteiger partial charge >= 0.3 is 0 Å². The van der Waals surface area contributed by atoms with E-state index in [9.17, 15) is 4.79 Å². The molecule has 0 aromatic heterocycles. The lowest BCUT2D eigenvalue weighted by Crippen LogP contribution is -2.34. The van der Waals surface area contributed by atoms with Crippen LogP contribution in [-0.4, -0.2) is 30.6 Å². The number of hydrazone groups is 1. The lowest BCUT2D eigenvalue weighted by Gasteiger charge is -2.21. The van der Waals surface area contributed by atoms with Crippen molar-refractivity contribution >= 4 is 11.6 Å². The smallest absolute Gasteiger partial charge is 0.245 e. The molecule has 0 radical (unpaired) electrons. The van der Waals surface area contributed by atoms with Crippen LogP contribution in [0.1, 0.15) is 84.5 Å². The van der Waals surface area contributed by atoms with E-state index < -0.39 is 5.79 Å². The van der Waals surface area contributed by atoms with E-state index in [-0.39, 0.29) is 12.3 Å². The highest BCUT2D eigenvalue weighted by Gasteiger charge is 2.33. The Kier molecular flexibility index (Phi) is 8.19. The Morgan fingerprint density at radius 2 is 1.67 bits per heavy atom. The molecule has 1 atom stereocenters. The van der Waals surface area contributed by atoms with Gasteiger partial charge in [0.05, 0.1) is 19.6 Å². The molecule has 0 aromatic rings. The standard InChI is InChI=1S/C19H34N2O3/c1-16-11-9-7-5-3-4-6-8-10-12-17(16)20-21-18(22)15-19(2)23-13-14-24-19/h16H,3-15H2,1-2H3,(H,21,22). The highest BCUT2D eigenvalue weighted by molar-refractivity contribution is 5.88. The zero-order chi connectivity index (χ0) is 17.3. The van der Waals surface area contributed by atoms with Crippen LogP contribution in [0, 0.1) is 5.92 Å². The monoisotopic (exact) mass is 338 g/mol. The Labute approximate surface area is 146 Å². The molecule has 1 aliphatic carbocycles. The Bertz CT molecular complexity index is 417. The fourth-order valence-electron chi connectivity index (χ4n) is 3.52. The van der Waals surface area contributed by atoms with Gasteiger partial charge in [0, 0.05) is 5.71 Å². The maximum absolute atomic E-state index is 12.2. The van der Waals surface area contributed by atoms with Crippen LogP contribution in [0.4, 0.5) is 0 Å². The molecule has 1 unspecified atom stereocenters. The average Bonchev–Trinajstić information content (AvgIpc) is 2.96. The Hall–Kier alpha value is -0.940. The third kappa shape index (κ3) is 6.89. The maximum atomic E-state index is 12.2. The summed E-state index contributed by atoms with van der Waals surface area (Å²) in [6, 6.07) is 0. The molecule has 1 saturated carbocycles. The number of nitrogens with zero attached hydrogens (tertiary/aromatic N) is 1. The van der Waals surface area contributed by atoms with Gasteiger partial charge in [-0.2, -0.15) is 5.10 Å². The molecule has 0 spiro atoms. The molecule has 1 saturated heterocycles. The molecule has 24 heavy (non-hydrogen) atoms. The van der Waals surface area contributed by atoms with Crippen LogP contribution < -0.4 is 5.43 Å². The first-order valence-electron chi connectivity index (χ1n) is 9.72. The van der Waals surface area contributed by atoms with Crippen molar-refractivity contribution in [2.45, 2.75) is 90.3 Å². The number of carbonyl (C=O) groups is 1. The van der Waals surface area contributed by atoms with Crippen molar-refractivity contribution in [2.75, 3.05) is 13.2 Å². The molecule has 5 heteroatoms. The third-order valence-corrected chi connectivity index (χ3v) is 5.09. The normalized spacial score (nSPS) is 28.1. The molecule has 0 aromatic carbocycles. The van der Waals surface area contributed by atoms with Crippen molar-refractivity contribution in [3.8, 4) is 0 Å². The summed E-state index contributed by atoms with van der Waals surface area (Å²) in [5.74, 6) is -0.480. The first kappa shape index (κ1) is 19.4. The molecular formula is C19H34N2O3. The molecule has 1 aliphatic heterocycles. The summed E-state index contributed by atoms with van der Waals surface area (Å²) < 4.78 is 11.0. The molecular weight excluding hydrogens is 304 g/mol. The largest absolute Gasteiger partial charge is 0.347 e. The van der Waals surface area contributed by atoms with Crippen molar-refractivity contribution in [1.29, 1.82) is 0 Å². The van der Waals surface area contributed by atoms with E-state index in [0.29, 0.717) is 19.1 Å². The van der Waals surface area contributed by atoms with Crippen molar-refractivity contribution in [2.24, 2.45) is 11.0 Å². The lowest BCUT2D eigenvalue weighted by atomic mass is 9.92. The molecule has 1 N–H and O–H groups in total. The zero-order valence-electron chi connectivity index (χ0n) is 15.4. The van der Waals surface area contributed by atoms with Crippen molar-refractivity contribution in [1.82, 2.24) is 5.43 Å². The van der Waals surface area contributed by atoms with Crippen LogP contribution in [0.3, 0.4) is 0 Å². The fraction of sp³-hybridized carbons (Fsp3) is 0.895. The average molecular weight is 338 g/mol. The number of hydrogen-bond acceptors (Lipinski definition) is 4.